The van der Waals surface area contributed by atoms with Gasteiger partial charge in [0.05, 0.1) is 6.20 Å². The maximum atomic E-state index is 12.5. The maximum absolute atomic E-state index is 12.5. The largest absolute Gasteiger partial charge is 0.258 e. The predicted octanol–water partition coefficient (Wildman–Crippen LogP) is 2.73. The summed E-state index contributed by atoms with van der Waals surface area (Å²) >= 11 is 0. The standard InChI is InChI=1S/C10H12FN/c1-7-4-8(5-7)10-3-2-9(11)6-12-10/h2-3,6-8H,4-5H2,1H3. The Bertz CT molecular complexity index is 262. The van der Waals surface area contributed by atoms with Gasteiger partial charge in [-0.25, -0.2) is 4.39 Å². The quantitative estimate of drug-likeness (QED) is 0.623. The first-order chi connectivity index (χ1) is 5.75. The molecule has 1 fully saturated rings. The van der Waals surface area contributed by atoms with E-state index in [0.717, 1.165) is 11.6 Å². The molecule has 1 heterocycles. The second-order valence-electron chi connectivity index (χ2n) is 3.67. The molecule has 0 atom stereocenters. The molecule has 0 saturated heterocycles. The normalized spacial score (nSPS) is 28.2. The molecule has 1 nitrogen and oxygen atoms in total. The summed E-state index contributed by atoms with van der Waals surface area (Å²) in [7, 11) is 0. The molecular formula is C10H12FN. The molecule has 12 heavy (non-hydrogen) atoms. The first kappa shape index (κ1) is 7.71. The third-order valence-corrected chi connectivity index (χ3v) is 2.54. The zero-order valence-electron chi connectivity index (χ0n) is 7.13. The van der Waals surface area contributed by atoms with E-state index in [2.05, 4.69) is 11.9 Å². The summed E-state index contributed by atoms with van der Waals surface area (Å²) in [6.45, 7) is 2.24. The highest BCUT2D eigenvalue weighted by molar-refractivity contribution is 5.13. The fourth-order valence-electron chi connectivity index (χ4n) is 1.77. The van der Waals surface area contributed by atoms with Crippen LogP contribution in [-0.2, 0) is 0 Å². The van der Waals surface area contributed by atoms with Crippen LogP contribution in [0.15, 0.2) is 18.3 Å². The lowest BCUT2D eigenvalue weighted by atomic mass is 9.74. The van der Waals surface area contributed by atoms with Crippen molar-refractivity contribution in [1.82, 2.24) is 4.98 Å². The van der Waals surface area contributed by atoms with Crippen molar-refractivity contribution in [2.75, 3.05) is 0 Å². The van der Waals surface area contributed by atoms with Gasteiger partial charge >= 0.3 is 0 Å². The fourth-order valence-corrected chi connectivity index (χ4v) is 1.77. The van der Waals surface area contributed by atoms with Crippen LogP contribution in [0.25, 0.3) is 0 Å². The molecule has 64 valence electrons. The van der Waals surface area contributed by atoms with Crippen LogP contribution in [0.3, 0.4) is 0 Å². The molecular weight excluding hydrogens is 153 g/mol. The number of halogens is 1. The second-order valence-corrected chi connectivity index (χ2v) is 3.67. The number of nitrogens with zero attached hydrogens (tertiary/aromatic N) is 1. The van der Waals surface area contributed by atoms with E-state index in [1.54, 1.807) is 6.07 Å². The molecule has 0 bridgehead atoms. The Hall–Kier alpha value is -0.920. The van der Waals surface area contributed by atoms with Crippen LogP contribution in [0.4, 0.5) is 4.39 Å². The Morgan fingerprint density at radius 3 is 2.67 bits per heavy atom. The lowest BCUT2D eigenvalue weighted by Gasteiger charge is -2.31. The van der Waals surface area contributed by atoms with Gasteiger partial charge in [-0.3, -0.25) is 4.98 Å². The van der Waals surface area contributed by atoms with Crippen LogP contribution in [0.5, 0.6) is 0 Å². The number of rotatable bonds is 1. The summed E-state index contributed by atoms with van der Waals surface area (Å²) in [5.41, 5.74) is 1.05. The number of aromatic nitrogens is 1. The zero-order valence-corrected chi connectivity index (χ0v) is 7.13. The van der Waals surface area contributed by atoms with Gasteiger partial charge in [0.15, 0.2) is 0 Å². The van der Waals surface area contributed by atoms with Gasteiger partial charge < -0.3 is 0 Å². The van der Waals surface area contributed by atoms with Crippen molar-refractivity contribution in [2.24, 2.45) is 5.92 Å². The summed E-state index contributed by atoms with van der Waals surface area (Å²) in [4.78, 5) is 4.06. The first-order valence-electron chi connectivity index (χ1n) is 4.37. The Labute approximate surface area is 71.6 Å². The Morgan fingerprint density at radius 2 is 2.17 bits per heavy atom. The van der Waals surface area contributed by atoms with Crippen molar-refractivity contribution in [3.05, 3.63) is 29.8 Å². The topological polar surface area (TPSA) is 12.9 Å². The Kier molecular flexibility index (Phi) is 1.83. The van der Waals surface area contributed by atoms with Gasteiger partial charge in [-0.2, -0.15) is 0 Å². The monoisotopic (exact) mass is 165 g/mol. The third kappa shape index (κ3) is 1.33. The molecule has 0 radical (unpaired) electrons. The number of pyridine rings is 1. The lowest BCUT2D eigenvalue weighted by Crippen LogP contribution is -2.19. The molecule has 1 aromatic rings. The smallest absolute Gasteiger partial charge is 0.141 e. The SMILES string of the molecule is CC1CC(c2ccc(F)cn2)C1. The van der Waals surface area contributed by atoms with Crippen molar-refractivity contribution in [3.8, 4) is 0 Å². The van der Waals surface area contributed by atoms with Crippen molar-refractivity contribution in [1.29, 1.82) is 0 Å². The molecule has 1 saturated carbocycles. The van der Waals surface area contributed by atoms with Gasteiger partial charge in [0, 0.05) is 11.6 Å². The molecule has 0 aromatic carbocycles. The molecule has 0 N–H and O–H groups in total. The minimum absolute atomic E-state index is 0.244. The highest BCUT2D eigenvalue weighted by Crippen LogP contribution is 2.39. The summed E-state index contributed by atoms with van der Waals surface area (Å²) < 4.78 is 12.5. The van der Waals surface area contributed by atoms with Crippen LogP contribution in [0, 0.1) is 11.7 Å². The molecule has 0 spiro atoms. The molecule has 0 amide bonds. The van der Waals surface area contributed by atoms with Gasteiger partial charge in [0.25, 0.3) is 0 Å². The van der Waals surface area contributed by atoms with E-state index in [1.165, 1.54) is 25.1 Å². The molecule has 1 aromatic heterocycles. The molecule has 0 unspecified atom stereocenters. The molecule has 0 aliphatic heterocycles. The van der Waals surface area contributed by atoms with Crippen molar-refractivity contribution in [2.45, 2.75) is 25.7 Å². The Morgan fingerprint density at radius 1 is 1.42 bits per heavy atom. The summed E-state index contributed by atoms with van der Waals surface area (Å²) in [5, 5.41) is 0. The van der Waals surface area contributed by atoms with Crippen LogP contribution >= 0.6 is 0 Å². The van der Waals surface area contributed by atoms with Gasteiger partial charge in [-0.15, -0.1) is 0 Å². The minimum Gasteiger partial charge on any atom is -0.258 e. The summed E-state index contributed by atoms with van der Waals surface area (Å²) in [6.07, 6.45) is 3.72. The van der Waals surface area contributed by atoms with E-state index >= 15 is 0 Å². The predicted molar refractivity (Wildman–Crippen MR) is 45.3 cm³/mol. The van der Waals surface area contributed by atoms with Crippen LogP contribution in [0.2, 0.25) is 0 Å². The second kappa shape index (κ2) is 2.85. The van der Waals surface area contributed by atoms with Gasteiger partial charge in [-0.05, 0) is 30.9 Å². The van der Waals surface area contributed by atoms with Crippen molar-refractivity contribution >= 4 is 0 Å². The average molecular weight is 165 g/mol. The summed E-state index contributed by atoms with van der Waals surface area (Å²) in [5.74, 6) is 1.16. The van der Waals surface area contributed by atoms with Crippen molar-refractivity contribution in [3.63, 3.8) is 0 Å². The first-order valence-corrected chi connectivity index (χ1v) is 4.37. The lowest BCUT2D eigenvalue weighted by molar-refractivity contribution is 0.283. The van der Waals surface area contributed by atoms with Gasteiger partial charge in [0.2, 0.25) is 0 Å². The fraction of sp³-hybridized carbons (Fsp3) is 0.500. The highest BCUT2D eigenvalue weighted by Gasteiger charge is 2.27. The van der Waals surface area contributed by atoms with Crippen LogP contribution < -0.4 is 0 Å². The number of hydrogen-bond donors (Lipinski definition) is 0. The van der Waals surface area contributed by atoms with E-state index in [9.17, 15) is 4.39 Å². The van der Waals surface area contributed by atoms with Crippen LogP contribution in [-0.4, -0.2) is 4.98 Å². The van der Waals surface area contributed by atoms with E-state index in [4.69, 9.17) is 0 Å². The zero-order chi connectivity index (χ0) is 8.55. The maximum Gasteiger partial charge on any atom is 0.141 e. The molecule has 1 aliphatic rings. The minimum atomic E-state index is -0.244. The van der Waals surface area contributed by atoms with Crippen molar-refractivity contribution < 1.29 is 4.39 Å². The highest BCUT2D eigenvalue weighted by atomic mass is 19.1. The van der Waals surface area contributed by atoms with Crippen LogP contribution in [0.1, 0.15) is 31.4 Å². The van der Waals surface area contributed by atoms with E-state index < -0.39 is 0 Å². The van der Waals surface area contributed by atoms with Gasteiger partial charge in [-0.1, -0.05) is 6.92 Å². The summed E-state index contributed by atoms with van der Waals surface area (Å²) in [6, 6.07) is 3.29. The number of hydrogen-bond acceptors (Lipinski definition) is 1. The van der Waals surface area contributed by atoms with E-state index in [0.29, 0.717) is 5.92 Å². The molecule has 1 aliphatic carbocycles. The Balaban J connectivity index is 2.09. The van der Waals surface area contributed by atoms with Gasteiger partial charge in [0.1, 0.15) is 5.82 Å². The molecule has 2 rings (SSSR count). The molecule has 2 heteroatoms. The third-order valence-electron chi connectivity index (χ3n) is 2.54. The van der Waals surface area contributed by atoms with E-state index in [-0.39, 0.29) is 5.82 Å². The average Bonchev–Trinajstić information content (AvgIpc) is 2.01. The van der Waals surface area contributed by atoms with E-state index in [1.807, 2.05) is 0 Å².